The fraction of sp³-hybridized carbons (Fsp3) is 0.769. The molecule has 2 rings (SSSR count). The number of nitrogens with zero attached hydrogens (tertiary/aromatic N) is 3. The van der Waals surface area contributed by atoms with E-state index in [2.05, 4.69) is 22.6 Å². The lowest BCUT2D eigenvalue weighted by Gasteiger charge is -2.35. The number of carboxylic acids is 1. The molecule has 1 saturated carbocycles. The molecule has 0 unspecified atom stereocenters. The van der Waals surface area contributed by atoms with Crippen molar-refractivity contribution in [3.8, 4) is 0 Å². The van der Waals surface area contributed by atoms with Crippen LogP contribution in [0, 0.1) is 5.92 Å². The lowest BCUT2D eigenvalue weighted by Crippen LogP contribution is -2.44. The van der Waals surface area contributed by atoms with Crippen molar-refractivity contribution in [3.05, 3.63) is 11.9 Å². The Morgan fingerprint density at radius 2 is 2.25 bits per heavy atom. The minimum absolute atomic E-state index is 0.0510. The molecule has 0 bridgehead atoms. The Labute approximate surface area is 118 Å². The number of aliphatic hydroxyl groups is 1. The average molecular weight is 282 g/mol. The third kappa shape index (κ3) is 4.01. The molecular formula is C13H22N4O3. The van der Waals surface area contributed by atoms with Crippen molar-refractivity contribution in [3.63, 3.8) is 0 Å². The maximum atomic E-state index is 10.7. The fourth-order valence-electron chi connectivity index (χ4n) is 2.50. The summed E-state index contributed by atoms with van der Waals surface area (Å²) in [4.78, 5) is 10.7. The van der Waals surface area contributed by atoms with Crippen LogP contribution in [0.1, 0.15) is 43.1 Å². The van der Waals surface area contributed by atoms with E-state index in [0.717, 1.165) is 25.7 Å². The van der Waals surface area contributed by atoms with Crippen LogP contribution in [0.5, 0.6) is 0 Å². The second-order valence-electron chi connectivity index (χ2n) is 5.76. The van der Waals surface area contributed by atoms with Gasteiger partial charge in [-0.3, -0.25) is 4.68 Å². The number of aromatic carboxylic acids is 1. The molecule has 0 aliphatic heterocycles. The van der Waals surface area contributed by atoms with Gasteiger partial charge in [0.2, 0.25) is 0 Å². The van der Waals surface area contributed by atoms with Gasteiger partial charge in [0.15, 0.2) is 5.69 Å². The summed E-state index contributed by atoms with van der Waals surface area (Å²) in [6, 6.07) is 0. The Morgan fingerprint density at radius 1 is 1.55 bits per heavy atom. The standard InChI is InChI=1S/C13H22N4O3/c1-10-2-4-13(20,5-3-10)9-14-6-7-17-8-11(12(18)19)15-16-17/h8,10,14,20H,2-7,9H2,1H3,(H,18,19). The number of carbonyl (C=O) groups is 1. The van der Waals surface area contributed by atoms with Gasteiger partial charge in [-0.25, -0.2) is 4.79 Å². The van der Waals surface area contributed by atoms with Gasteiger partial charge in [0.05, 0.1) is 18.3 Å². The van der Waals surface area contributed by atoms with Crippen molar-refractivity contribution >= 4 is 5.97 Å². The zero-order chi connectivity index (χ0) is 14.6. The summed E-state index contributed by atoms with van der Waals surface area (Å²) < 4.78 is 1.49. The molecule has 7 nitrogen and oxygen atoms in total. The summed E-state index contributed by atoms with van der Waals surface area (Å²) in [6.07, 6.45) is 5.23. The van der Waals surface area contributed by atoms with Crippen LogP contribution in [0.25, 0.3) is 0 Å². The third-order valence-corrected chi connectivity index (χ3v) is 3.93. The van der Waals surface area contributed by atoms with Crippen LogP contribution in [-0.4, -0.2) is 49.9 Å². The lowest BCUT2D eigenvalue weighted by molar-refractivity contribution is -0.00608. The molecule has 7 heteroatoms. The summed E-state index contributed by atoms with van der Waals surface area (Å²) in [5.41, 5.74) is -0.647. The first kappa shape index (κ1) is 14.9. The first-order valence-corrected chi connectivity index (χ1v) is 7.05. The van der Waals surface area contributed by atoms with Gasteiger partial charge in [-0.1, -0.05) is 12.1 Å². The number of nitrogens with one attached hydrogen (secondary N) is 1. The Hall–Kier alpha value is -1.47. The van der Waals surface area contributed by atoms with Crippen LogP contribution in [0.2, 0.25) is 0 Å². The topological polar surface area (TPSA) is 100 Å². The first-order chi connectivity index (χ1) is 9.48. The van der Waals surface area contributed by atoms with E-state index < -0.39 is 11.6 Å². The van der Waals surface area contributed by atoms with Crippen LogP contribution in [0.4, 0.5) is 0 Å². The minimum Gasteiger partial charge on any atom is -0.476 e. The van der Waals surface area contributed by atoms with Crippen LogP contribution in [0.3, 0.4) is 0 Å². The smallest absolute Gasteiger partial charge is 0.358 e. The second kappa shape index (κ2) is 6.32. The number of rotatable bonds is 6. The SMILES string of the molecule is CC1CCC(O)(CNCCn2cc(C(=O)O)nn2)CC1. The molecule has 3 N–H and O–H groups in total. The van der Waals surface area contributed by atoms with Gasteiger partial charge in [0.1, 0.15) is 0 Å². The average Bonchev–Trinajstić information content (AvgIpc) is 2.88. The summed E-state index contributed by atoms with van der Waals surface area (Å²) in [5.74, 6) is -0.366. The highest BCUT2D eigenvalue weighted by Crippen LogP contribution is 2.31. The van der Waals surface area contributed by atoms with E-state index >= 15 is 0 Å². The van der Waals surface area contributed by atoms with E-state index in [0.29, 0.717) is 25.6 Å². The van der Waals surface area contributed by atoms with Gasteiger partial charge in [0, 0.05) is 13.1 Å². The molecule has 0 radical (unpaired) electrons. The Morgan fingerprint density at radius 3 is 2.85 bits per heavy atom. The fourth-order valence-corrected chi connectivity index (χ4v) is 2.50. The maximum Gasteiger partial charge on any atom is 0.358 e. The predicted octanol–water partition coefficient (Wildman–Crippen LogP) is 0.507. The quantitative estimate of drug-likeness (QED) is 0.657. The van der Waals surface area contributed by atoms with E-state index in [1.807, 2.05) is 0 Å². The van der Waals surface area contributed by atoms with E-state index in [4.69, 9.17) is 5.11 Å². The van der Waals surface area contributed by atoms with Crippen LogP contribution in [-0.2, 0) is 6.54 Å². The zero-order valence-corrected chi connectivity index (χ0v) is 11.7. The van der Waals surface area contributed by atoms with Gasteiger partial charge < -0.3 is 15.5 Å². The lowest BCUT2D eigenvalue weighted by atomic mass is 9.79. The summed E-state index contributed by atoms with van der Waals surface area (Å²) >= 11 is 0. The normalized spacial score (nSPS) is 26.6. The van der Waals surface area contributed by atoms with Gasteiger partial charge in [0.25, 0.3) is 0 Å². The molecule has 112 valence electrons. The molecule has 0 aromatic carbocycles. The van der Waals surface area contributed by atoms with Gasteiger partial charge in [-0.2, -0.15) is 0 Å². The molecule has 1 aliphatic rings. The monoisotopic (exact) mass is 282 g/mol. The maximum absolute atomic E-state index is 10.7. The van der Waals surface area contributed by atoms with Crippen molar-refractivity contribution < 1.29 is 15.0 Å². The molecule has 1 heterocycles. The molecule has 0 atom stereocenters. The highest BCUT2D eigenvalue weighted by molar-refractivity contribution is 5.84. The Balaban J connectivity index is 1.69. The van der Waals surface area contributed by atoms with Gasteiger partial charge >= 0.3 is 5.97 Å². The molecule has 0 spiro atoms. The van der Waals surface area contributed by atoms with Crippen LogP contribution >= 0.6 is 0 Å². The molecule has 20 heavy (non-hydrogen) atoms. The molecule has 1 aliphatic carbocycles. The van der Waals surface area contributed by atoms with E-state index in [1.165, 1.54) is 10.9 Å². The summed E-state index contributed by atoms with van der Waals surface area (Å²) in [5, 5.41) is 29.6. The largest absolute Gasteiger partial charge is 0.476 e. The number of hydrogen-bond acceptors (Lipinski definition) is 5. The van der Waals surface area contributed by atoms with Crippen LogP contribution in [0.15, 0.2) is 6.20 Å². The van der Waals surface area contributed by atoms with Gasteiger partial charge in [-0.15, -0.1) is 5.10 Å². The molecule has 0 saturated heterocycles. The number of aromatic nitrogens is 3. The van der Waals surface area contributed by atoms with Crippen molar-refractivity contribution in [2.45, 2.75) is 44.8 Å². The molecule has 1 aromatic heterocycles. The second-order valence-corrected chi connectivity index (χ2v) is 5.76. The highest BCUT2D eigenvalue weighted by Gasteiger charge is 2.31. The summed E-state index contributed by atoms with van der Waals surface area (Å²) in [7, 11) is 0. The molecule has 1 aromatic rings. The highest BCUT2D eigenvalue weighted by atomic mass is 16.4. The Kier molecular flexibility index (Phi) is 4.72. The third-order valence-electron chi connectivity index (χ3n) is 3.93. The first-order valence-electron chi connectivity index (χ1n) is 7.05. The van der Waals surface area contributed by atoms with E-state index in [-0.39, 0.29) is 5.69 Å². The van der Waals surface area contributed by atoms with Crippen molar-refractivity contribution in [2.75, 3.05) is 13.1 Å². The van der Waals surface area contributed by atoms with Gasteiger partial charge in [-0.05, 0) is 31.6 Å². The predicted molar refractivity (Wildman–Crippen MR) is 72.4 cm³/mol. The Bertz CT molecular complexity index is 452. The molecule has 0 amide bonds. The molecular weight excluding hydrogens is 260 g/mol. The van der Waals surface area contributed by atoms with Crippen LogP contribution < -0.4 is 5.32 Å². The van der Waals surface area contributed by atoms with Crippen molar-refractivity contribution in [2.24, 2.45) is 5.92 Å². The molecule has 1 fully saturated rings. The summed E-state index contributed by atoms with van der Waals surface area (Å²) in [6.45, 7) is 3.95. The minimum atomic E-state index is -1.07. The zero-order valence-electron chi connectivity index (χ0n) is 11.7. The van der Waals surface area contributed by atoms with E-state index in [9.17, 15) is 9.90 Å². The van der Waals surface area contributed by atoms with Crippen molar-refractivity contribution in [1.82, 2.24) is 20.3 Å². The van der Waals surface area contributed by atoms with Crippen molar-refractivity contribution in [1.29, 1.82) is 0 Å². The van der Waals surface area contributed by atoms with E-state index in [1.54, 1.807) is 0 Å². The number of carboxylic acid groups (broad SMARTS) is 1. The number of hydrogen-bond donors (Lipinski definition) is 3.